The summed E-state index contributed by atoms with van der Waals surface area (Å²) in [5.41, 5.74) is 1.03. The predicted octanol–water partition coefficient (Wildman–Crippen LogP) is 2.71. The standard InChI is InChI=1S/C25H20O9/c1-32-23(29)16-10-13(4-7-19(16)26)22(14-5-8-20(27)17(11-14)24(30)33-2)15-6-9-21(28)18(12-15)25(31)34-3/h4-12,26-27H,1-3H3. The lowest BCUT2D eigenvalue weighted by molar-refractivity contribution is -0.137. The van der Waals surface area contributed by atoms with Crippen LogP contribution < -0.4 is 0 Å². The summed E-state index contributed by atoms with van der Waals surface area (Å²) in [5.74, 6) is -3.61. The van der Waals surface area contributed by atoms with Crippen LogP contribution in [0.3, 0.4) is 0 Å². The van der Waals surface area contributed by atoms with Crippen LogP contribution in [-0.2, 0) is 23.8 Å². The van der Waals surface area contributed by atoms with Crippen molar-refractivity contribution in [3.8, 4) is 11.5 Å². The van der Waals surface area contributed by atoms with Crippen LogP contribution in [0.5, 0.6) is 11.5 Å². The summed E-state index contributed by atoms with van der Waals surface area (Å²) >= 11 is 0. The van der Waals surface area contributed by atoms with Gasteiger partial charge < -0.3 is 24.4 Å². The third-order valence-corrected chi connectivity index (χ3v) is 5.05. The molecule has 0 fully saturated rings. The number of ketones is 1. The van der Waals surface area contributed by atoms with Crippen molar-refractivity contribution >= 4 is 29.3 Å². The highest BCUT2D eigenvalue weighted by molar-refractivity contribution is 6.23. The highest BCUT2D eigenvalue weighted by Crippen LogP contribution is 2.35. The molecule has 2 aromatic carbocycles. The molecule has 0 amide bonds. The molecular weight excluding hydrogens is 444 g/mol. The van der Waals surface area contributed by atoms with Gasteiger partial charge in [-0.05, 0) is 58.7 Å². The minimum Gasteiger partial charge on any atom is -0.507 e. The number of carbonyl (C=O) groups is 4. The lowest BCUT2D eigenvalue weighted by Crippen LogP contribution is -2.15. The molecule has 2 N–H and O–H groups in total. The molecule has 0 aliphatic heterocycles. The smallest absolute Gasteiger partial charge is 0.341 e. The molecule has 1 aliphatic rings. The molecule has 0 atom stereocenters. The van der Waals surface area contributed by atoms with Crippen LogP contribution in [0.15, 0.2) is 65.8 Å². The number of esters is 3. The maximum absolute atomic E-state index is 12.2. The van der Waals surface area contributed by atoms with E-state index in [4.69, 9.17) is 9.47 Å². The number of phenolic OH excluding ortho intramolecular Hbond substituents is 2. The van der Waals surface area contributed by atoms with Crippen molar-refractivity contribution < 1.29 is 43.6 Å². The quantitative estimate of drug-likeness (QED) is 0.389. The maximum atomic E-state index is 12.2. The van der Waals surface area contributed by atoms with E-state index >= 15 is 0 Å². The summed E-state index contributed by atoms with van der Waals surface area (Å²) in [4.78, 5) is 48.6. The first kappa shape index (κ1) is 24.0. The van der Waals surface area contributed by atoms with Crippen LogP contribution in [0.1, 0.15) is 31.8 Å². The first-order valence-electron chi connectivity index (χ1n) is 9.81. The number of hydrogen-bond acceptors (Lipinski definition) is 9. The van der Waals surface area contributed by atoms with Crippen molar-refractivity contribution in [1.29, 1.82) is 0 Å². The van der Waals surface area contributed by atoms with Gasteiger partial charge in [-0.3, -0.25) is 4.79 Å². The molecule has 9 heteroatoms. The van der Waals surface area contributed by atoms with Crippen molar-refractivity contribution in [2.24, 2.45) is 0 Å². The van der Waals surface area contributed by atoms with E-state index in [1.165, 1.54) is 54.6 Å². The Balaban J connectivity index is 2.36. The summed E-state index contributed by atoms with van der Waals surface area (Å²) in [6.07, 6.45) is 3.96. The molecule has 3 rings (SSSR count). The Bertz CT molecular complexity index is 1230. The second-order valence-corrected chi connectivity index (χ2v) is 7.02. The van der Waals surface area contributed by atoms with Crippen LogP contribution in [-0.4, -0.2) is 55.2 Å². The summed E-state index contributed by atoms with van der Waals surface area (Å²) in [7, 11) is 3.47. The Labute approximate surface area is 194 Å². The minimum absolute atomic E-state index is 0.127. The third kappa shape index (κ3) is 4.58. The second-order valence-electron chi connectivity index (χ2n) is 7.02. The lowest BCUT2D eigenvalue weighted by atomic mass is 9.87. The van der Waals surface area contributed by atoms with Crippen molar-refractivity contribution in [2.75, 3.05) is 21.3 Å². The van der Waals surface area contributed by atoms with Crippen molar-refractivity contribution in [3.05, 3.63) is 88.0 Å². The molecule has 174 valence electrons. The Morgan fingerprint density at radius 1 is 0.706 bits per heavy atom. The van der Waals surface area contributed by atoms with Crippen molar-refractivity contribution in [3.63, 3.8) is 0 Å². The Kier molecular flexibility index (Phi) is 6.96. The van der Waals surface area contributed by atoms with Gasteiger partial charge in [-0.2, -0.15) is 0 Å². The normalized spacial score (nSPS) is 12.6. The van der Waals surface area contributed by atoms with E-state index < -0.39 is 23.7 Å². The van der Waals surface area contributed by atoms with Crippen LogP contribution >= 0.6 is 0 Å². The number of rotatable bonds is 5. The Hall–Kier alpha value is -4.66. The summed E-state index contributed by atoms with van der Waals surface area (Å²) < 4.78 is 14.1. The number of ether oxygens (including phenoxy) is 3. The average molecular weight is 464 g/mol. The van der Waals surface area contributed by atoms with Crippen molar-refractivity contribution in [1.82, 2.24) is 0 Å². The molecule has 0 saturated carbocycles. The fourth-order valence-corrected chi connectivity index (χ4v) is 3.38. The number of aromatic hydroxyl groups is 2. The van der Waals surface area contributed by atoms with Crippen LogP contribution in [0.2, 0.25) is 0 Å². The van der Waals surface area contributed by atoms with E-state index in [1.54, 1.807) is 0 Å². The topological polar surface area (TPSA) is 136 Å². The SMILES string of the molecule is COC(=O)C1=CC(=C(c2ccc(O)c(C(=O)OC)c2)c2ccc(O)c(C(=O)OC)c2)C=CC1=O. The van der Waals surface area contributed by atoms with E-state index in [0.717, 1.165) is 21.3 Å². The lowest BCUT2D eigenvalue weighted by Gasteiger charge is -2.17. The molecule has 2 aromatic rings. The van der Waals surface area contributed by atoms with Gasteiger partial charge in [0.05, 0.1) is 21.3 Å². The Morgan fingerprint density at radius 3 is 1.62 bits per heavy atom. The van der Waals surface area contributed by atoms with Crippen LogP contribution in [0.4, 0.5) is 0 Å². The van der Waals surface area contributed by atoms with E-state index in [-0.39, 0.29) is 28.2 Å². The Morgan fingerprint density at radius 2 is 1.18 bits per heavy atom. The van der Waals surface area contributed by atoms with E-state index in [1.807, 2.05) is 0 Å². The van der Waals surface area contributed by atoms with Gasteiger partial charge in [0.25, 0.3) is 0 Å². The van der Waals surface area contributed by atoms with Gasteiger partial charge in [0, 0.05) is 0 Å². The fourth-order valence-electron chi connectivity index (χ4n) is 3.38. The average Bonchev–Trinajstić information content (AvgIpc) is 2.85. The van der Waals surface area contributed by atoms with Crippen LogP contribution in [0.25, 0.3) is 5.57 Å². The van der Waals surface area contributed by atoms with E-state index in [2.05, 4.69) is 4.74 Å². The van der Waals surface area contributed by atoms with Crippen molar-refractivity contribution in [2.45, 2.75) is 0 Å². The molecular formula is C25H20O9. The highest BCUT2D eigenvalue weighted by atomic mass is 16.5. The van der Waals surface area contributed by atoms with Gasteiger partial charge in [0.15, 0.2) is 5.78 Å². The molecule has 0 unspecified atom stereocenters. The minimum atomic E-state index is -0.840. The zero-order valence-electron chi connectivity index (χ0n) is 18.4. The number of allylic oxidation sites excluding steroid dienone is 4. The molecule has 1 aliphatic carbocycles. The summed E-state index contributed by atoms with van der Waals surface area (Å²) in [5, 5.41) is 20.2. The summed E-state index contributed by atoms with van der Waals surface area (Å²) in [6.45, 7) is 0. The molecule has 0 aromatic heterocycles. The monoisotopic (exact) mass is 464 g/mol. The zero-order valence-corrected chi connectivity index (χ0v) is 18.4. The van der Waals surface area contributed by atoms with Gasteiger partial charge in [-0.1, -0.05) is 18.2 Å². The van der Waals surface area contributed by atoms with Crippen LogP contribution in [0, 0.1) is 0 Å². The number of methoxy groups -OCH3 is 3. The first-order valence-corrected chi connectivity index (χ1v) is 9.81. The van der Waals surface area contributed by atoms with Gasteiger partial charge >= 0.3 is 17.9 Å². The highest BCUT2D eigenvalue weighted by Gasteiger charge is 2.24. The predicted molar refractivity (Wildman–Crippen MR) is 119 cm³/mol. The largest absolute Gasteiger partial charge is 0.507 e. The van der Waals surface area contributed by atoms with Gasteiger partial charge in [0.1, 0.15) is 28.2 Å². The summed E-state index contributed by atoms with van der Waals surface area (Å²) in [6, 6.07) is 8.31. The molecule has 0 radical (unpaired) electrons. The molecule has 9 nitrogen and oxygen atoms in total. The molecule has 0 saturated heterocycles. The molecule has 34 heavy (non-hydrogen) atoms. The van der Waals surface area contributed by atoms with Gasteiger partial charge in [-0.15, -0.1) is 0 Å². The number of carbonyl (C=O) groups excluding carboxylic acids is 4. The first-order chi connectivity index (χ1) is 16.2. The molecule has 0 bridgehead atoms. The third-order valence-electron chi connectivity index (χ3n) is 5.05. The number of hydrogen-bond donors (Lipinski definition) is 2. The second kappa shape index (κ2) is 9.86. The molecule has 0 heterocycles. The number of benzene rings is 2. The molecule has 0 spiro atoms. The number of phenols is 2. The maximum Gasteiger partial charge on any atom is 0.341 e. The van der Waals surface area contributed by atoms with E-state index in [9.17, 15) is 29.4 Å². The van der Waals surface area contributed by atoms with Gasteiger partial charge in [0.2, 0.25) is 0 Å². The fraction of sp³-hybridized carbons (Fsp3) is 0.120. The zero-order chi connectivity index (χ0) is 25.0. The van der Waals surface area contributed by atoms with E-state index in [0.29, 0.717) is 22.3 Å². The van der Waals surface area contributed by atoms with Gasteiger partial charge in [-0.25, -0.2) is 14.4 Å².